The lowest BCUT2D eigenvalue weighted by atomic mass is 10.1. The Labute approximate surface area is 129 Å². The fourth-order valence-corrected chi connectivity index (χ4v) is 2.57. The van der Waals surface area contributed by atoms with Crippen LogP contribution in [-0.4, -0.2) is 23.6 Å². The number of hydrogen-bond acceptors (Lipinski definition) is 4. The van der Waals surface area contributed by atoms with E-state index in [-0.39, 0.29) is 0 Å². The van der Waals surface area contributed by atoms with Gasteiger partial charge in [-0.15, -0.1) is 0 Å². The number of nitrogens with zero attached hydrogens (tertiary/aromatic N) is 2. The van der Waals surface area contributed by atoms with Gasteiger partial charge in [-0.05, 0) is 23.8 Å². The lowest BCUT2D eigenvalue weighted by molar-refractivity contribution is 0.354. The standard InChI is InChI=1S/C17H19N3O2/c1-21-15-6-5-12(9-16(15)22-2)8-14-11-20-7-3-4-13(10-18)17(20)19-14/h3-7,9,11H,8,10,18H2,1-2H3. The summed E-state index contributed by atoms with van der Waals surface area (Å²) < 4.78 is 12.6. The first-order chi connectivity index (χ1) is 10.7. The van der Waals surface area contributed by atoms with Gasteiger partial charge in [-0.25, -0.2) is 4.98 Å². The van der Waals surface area contributed by atoms with E-state index in [1.165, 1.54) is 0 Å². The smallest absolute Gasteiger partial charge is 0.160 e. The van der Waals surface area contributed by atoms with Crippen molar-refractivity contribution in [3.63, 3.8) is 0 Å². The van der Waals surface area contributed by atoms with Crippen molar-refractivity contribution in [3.05, 3.63) is 59.5 Å². The monoisotopic (exact) mass is 297 g/mol. The number of ether oxygens (including phenoxy) is 2. The van der Waals surface area contributed by atoms with Gasteiger partial charge >= 0.3 is 0 Å². The van der Waals surface area contributed by atoms with E-state index in [2.05, 4.69) is 4.98 Å². The first-order valence-electron chi connectivity index (χ1n) is 7.11. The van der Waals surface area contributed by atoms with Crippen LogP contribution in [0.15, 0.2) is 42.7 Å². The third-order valence-corrected chi connectivity index (χ3v) is 3.67. The zero-order valence-corrected chi connectivity index (χ0v) is 12.7. The summed E-state index contributed by atoms with van der Waals surface area (Å²) in [6.45, 7) is 0.483. The number of methoxy groups -OCH3 is 2. The average molecular weight is 297 g/mol. The summed E-state index contributed by atoms with van der Waals surface area (Å²) in [5, 5.41) is 0. The first kappa shape index (κ1) is 14.4. The minimum absolute atomic E-state index is 0.483. The van der Waals surface area contributed by atoms with Crippen LogP contribution in [0.2, 0.25) is 0 Å². The molecule has 2 N–H and O–H groups in total. The molecule has 2 aromatic heterocycles. The minimum atomic E-state index is 0.483. The van der Waals surface area contributed by atoms with Gasteiger partial charge in [-0.1, -0.05) is 12.1 Å². The summed E-state index contributed by atoms with van der Waals surface area (Å²) >= 11 is 0. The highest BCUT2D eigenvalue weighted by molar-refractivity contribution is 5.50. The van der Waals surface area contributed by atoms with Crippen LogP contribution in [0.5, 0.6) is 11.5 Å². The van der Waals surface area contributed by atoms with Gasteiger partial charge in [0.25, 0.3) is 0 Å². The average Bonchev–Trinajstić information content (AvgIpc) is 2.96. The van der Waals surface area contributed by atoms with Gasteiger partial charge in [0.1, 0.15) is 5.65 Å². The van der Waals surface area contributed by atoms with E-state index >= 15 is 0 Å². The molecule has 0 spiro atoms. The predicted octanol–water partition coefficient (Wildman–Crippen LogP) is 2.40. The lowest BCUT2D eigenvalue weighted by Crippen LogP contribution is -1.99. The Bertz CT molecular complexity index is 796. The van der Waals surface area contributed by atoms with E-state index in [9.17, 15) is 0 Å². The summed E-state index contributed by atoms with van der Waals surface area (Å²) in [5.74, 6) is 1.46. The second kappa shape index (κ2) is 6.07. The zero-order chi connectivity index (χ0) is 15.5. The van der Waals surface area contributed by atoms with Crippen LogP contribution in [-0.2, 0) is 13.0 Å². The maximum Gasteiger partial charge on any atom is 0.160 e. The van der Waals surface area contributed by atoms with Crippen molar-refractivity contribution in [2.75, 3.05) is 14.2 Å². The highest BCUT2D eigenvalue weighted by Crippen LogP contribution is 2.28. The minimum Gasteiger partial charge on any atom is -0.493 e. The van der Waals surface area contributed by atoms with E-state index in [4.69, 9.17) is 15.2 Å². The molecule has 2 heterocycles. The molecule has 5 heteroatoms. The normalized spacial score (nSPS) is 10.9. The number of hydrogen-bond donors (Lipinski definition) is 1. The molecule has 0 unspecified atom stereocenters. The molecule has 0 aliphatic carbocycles. The van der Waals surface area contributed by atoms with Crippen molar-refractivity contribution in [2.24, 2.45) is 5.73 Å². The van der Waals surface area contributed by atoms with Crippen LogP contribution >= 0.6 is 0 Å². The van der Waals surface area contributed by atoms with E-state index in [1.807, 2.05) is 47.1 Å². The van der Waals surface area contributed by atoms with Gasteiger partial charge < -0.3 is 19.6 Å². The number of pyridine rings is 1. The molecular formula is C17H19N3O2. The molecule has 0 aliphatic rings. The van der Waals surface area contributed by atoms with Gasteiger partial charge in [0.2, 0.25) is 0 Å². The molecule has 22 heavy (non-hydrogen) atoms. The Kier molecular flexibility index (Phi) is 3.98. The van der Waals surface area contributed by atoms with Crippen LogP contribution in [0, 0.1) is 0 Å². The topological polar surface area (TPSA) is 61.8 Å². The zero-order valence-electron chi connectivity index (χ0n) is 12.7. The van der Waals surface area contributed by atoms with Crippen LogP contribution in [0.25, 0.3) is 5.65 Å². The van der Waals surface area contributed by atoms with Gasteiger partial charge in [-0.3, -0.25) is 0 Å². The van der Waals surface area contributed by atoms with E-state index in [0.717, 1.165) is 40.4 Å². The van der Waals surface area contributed by atoms with Gasteiger partial charge in [0, 0.05) is 30.9 Å². The van der Waals surface area contributed by atoms with Crippen molar-refractivity contribution in [1.29, 1.82) is 0 Å². The summed E-state index contributed by atoms with van der Waals surface area (Å²) in [6.07, 6.45) is 4.75. The lowest BCUT2D eigenvalue weighted by Gasteiger charge is -2.08. The summed E-state index contributed by atoms with van der Waals surface area (Å²) in [6, 6.07) is 9.90. The maximum absolute atomic E-state index is 5.76. The van der Waals surface area contributed by atoms with Crippen LogP contribution in [0.1, 0.15) is 16.8 Å². The van der Waals surface area contributed by atoms with Gasteiger partial charge in [-0.2, -0.15) is 0 Å². The van der Waals surface area contributed by atoms with Gasteiger partial charge in [0.15, 0.2) is 11.5 Å². The van der Waals surface area contributed by atoms with Crippen molar-refractivity contribution in [1.82, 2.24) is 9.38 Å². The maximum atomic E-state index is 5.76. The number of rotatable bonds is 5. The Hall–Kier alpha value is -2.53. The van der Waals surface area contributed by atoms with Crippen LogP contribution in [0.4, 0.5) is 0 Å². The quantitative estimate of drug-likeness (QED) is 0.785. The summed E-state index contributed by atoms with van der Waals surface area (Å²) in [7, 11) is 3.27. The second-order valence-electron chi connectivity index (χ2n) is 5.07. The van der Waals surface area contributed by atoms with Crippen LogP contribution in [0.3, 0.4) is 0 Å². The van der Waals surface area contributed by atoms with E-state index in [0.29, 0.717) is 6.54 Å². The Morgan fingerprint density at radius 3 is 2.68 bits per heavy atom. The number of imidazole rings is 1. The fourth-order valence-electron chi connectivity index (χ4n) is 2.57. The molecule has 0 bridgehead atoms. The van der Waals surface area contributed by atoms with E-state index < -0.39 is 0 Å². The molecule has 0 atom stereocenters. The van der Waals surface area contributed by atoms with Crippen molar-refractivity contribution in [3.8, 4) is 11.5 Å². The number of nitrogens with two attached hydrogens (primary N) is 1. The molecular weight excluding hydrogens is 278 g/mol. The first-order valence-corrected chi connectivity index (χ1v) is 7.11. The highest BCUT2D eigenvalue weighted by Gasteiger charge is 2.09. The molecule has 114 valence electrons. The molecule has 0 saturated carbocycles. The molecule has 3 rings (SSSR count). The summed E-state index contributed by atoms with van der Waals surface area (Å²) in [4.78, 5) is 4.69. The molecule has 0 amide bonds. The Balaban J connectivity index is 1.93. The van der Waals surface area contributed by atoms with E-state index in [1.54, 1.807) is 14.2 Å². The Morgan fingerprint density at radius 1 is 1.14 bits per heavy atom. The molecule has 0 fully saturated rings. The largest absolute Gasteiger partial charge is 0.493 e. The number of aromatic nitrogens is 2. The van der Waals surface area contributed by atoms with Crippen molar-refractivity contribution < 1.29 is 9.47 Å². The highest BCUT2D eigenvalue weighted by atomic mass is 16.5. The number of benzene rings is 1. The van der Waals surface area contributed by atoms with Gasteiger partial charge in [0.05, 0.1) is 19.9 Å². The third kappa shape index (κ3) is 2.63. The fraction of sp³-hybridized carbons (Fsp3) is 0.235. The molecule has 0 radical (unpaired) electrons. The molecule has 1 aromatic carbocycles. The third-order valence-electron chi connectivity index (χ3n) is 3.67. The van der Waals surface area contributed by atoms with Crippen molar-refractivity contribution in [2.45, 2.75) is 13.0 Å². The molecule has 0 aliphatic heterocycles. The molecule has 0 saturated heterocycles. The molecule has 5 nitrogen and oxygen atoms in total. The summed E-state index contributed by atoms with van der Waals surface area (Å²) in [5.41, 5.74) is 9.84. The van der Waals surface area contributed by atoms with Crippen LogP contribution < -0.4 is 15.2 Å². The molecule has 3 aromatic rings. The second-order valence-corrected chi connectivity index (χ2v) is 5.07. The SMILES string of the molecule is COc1ccc(Cc2cn3cccc(CN)c3n2)cc1OC. The Morgan fingerprint density at radius 2 is 1.95 bits per heavy atom. The van der Waals surface area contributed by atoms with Crippen molar-refractivity contribution >= 4 is 5.65 Å². The predicted molar refractivity (Wildman–Crippen MR) is 85.4 cm³/mol. The number of fused-ring (bicyclic) bond motifs is 1.